The van der Waals surface area contributed by atoms with Crippen LogP contribution in [0.4, 0.5) is 0 Å². The fourth-order valence-electron chi connectivity index (χ4n) is 2.88. The van der Waals surface area contributed by atoms with E-state index in [9.17, 15) is 9.59 Å². The molecule has 1 aromatic heterocycles. The van der Waals surface area contributed by atoms with E-state index in [1.807, 2.05) is 32.0 Å². The van der Waals surface area contributed by atoms with Crippen LogP contribution in [0.2, 0.25) is 0 Å². The van der Waals surface area contributed by atoms with Crippen molar-refractivity contribution in [2.24, 2.45) is 11.3 Å². The molecule has 1 aromatic carbocycles. The van der Waals surface area contributed by atoms with Gasteiger partial charge in [0.2, 0.25) is 0 Å². The Bertz CT molecular complexity index is 819. The number of fused-ring (bicyclic) bond motifs is 1. The molecular formula is C23H32O5. The first kappa shape index (κ1) is 22.0. The Morgan fingerprint density at radius 1 is 1.11 bits per heavy atom. The van der Waals surface area contributed by atoms with Crippen LogP contribution in [0.1, 0.15) is 59.8 Å². The zero-order valence-electron chi connectivity index (χ0n) is 17.5. The lowest BCUT2D eigenvalue weighted by atomic mass is 9.85. The molecule has 0 saturated carbocycles. The molecule has 5 heteroatoms. The normalized spacial score (nSPS) is 11.8. The summed E-state index contributed by atoms with van der Waals surface area (Å²) in [5.41, 5.74) is -0.319. The van der Waals surface area contributed by atoms with Crippen molar-refractivity contribution in [3.63, 3.8) is 0 Å². The van der Waals surface area contributed by atoms with E-state index in [4.69, 9.17) is 13.9 Å². The maximum Gasteiger partial charge on any atom is 0.339 e. The highest BCUT2D eigenvalue weighted by Gasteiger charge is 2.28. The Labute approximate surface area is 167 Å². The van der Waals surface area contributed by atoms with Crippen molar-refractivity contribution >= 4 is 16.9 Å². The Morgan fingerprint density at radius 3 is 2.57 bits per heavy atom. The van der Waals surface area contributed by atoms with Crippen LogP contribution in [0.25, 0.3) is 11.0 Å². The minimum Gasteiger partial charge on any atom is -0.493 e. The first-order valence-corrected chi connectivity index (χ1v) is 10.1. The van der Waals surface area contributed by atoms with Crippen LogP contribution in [0, 0.1) is 11.3 Å². The van der Waals surface area contributed by atoms with Crippen LogP contribution in [-0.4, -0.2) is 19.2 Å². The first-order chi connectivity index (χ1) is 13.3. The zero-order valence-corrected chi connectivity index (χ0v) is 17.5. The lowest BCUT2D eigenvalue weighted by Gasteiger charge is -2.23. The summed E-state index contributed by atoms with van der Waals surface area (Å²) >= 11 is 0. The van der Waals surface area contributed by atoms with Gasteiger partial charge in [-0.1, -0.05) is 26.0 Å². The molecule has 1 heterocycles. The fraction of sp³-hybridized carbons (Fsp3) is 0.565. The Kier molecular flexibility index (Phi) is 8.09. The monoisotopic (exact) mass is 388 g/mol. The van der Waals surface area contributed by atoms with Crippen LogP contribution < -0.4 is 10.4 Å². The third-order valence-electron chi connectivity index (χ3n) is 4.79. The highest BCUT2D eigenvalue weighted by atomic mass is 16.5. The van der Waals surface area contributed by atoms with Crippen molar-refractivity contribution in [3.8, 4) is 5.75 Å². The van der Waals surface area contributed by atoms with E-state index in [2.05, 4.69) is 13.8 Å². The minimum absolute atomic E-state index is 0.119. The molecule has 0 aliphatic heterocycles. The van der Waals surface area contributed by atoms with Gasteiger partial charge in [-0.3, -0.25) is 4.79 Å². The number of hydrogen-bond acceptors (Lipinski definition) is 5. The second-order valence-electron chi connectivity index (χ2n) is 8.29. The maximum absolute atomic E-state index is 12.2. The molecule has 0 amide bonds. The van der Waals surface area contributed by atoms with Gasteiger partial charge in [0, 0.05) is 0 Å². The predicted molar refractivity (Wildman–Crippen MR) is 111 cm³/mol. The van der Waals surface area contributed by atoms with Crippen molar-refractivity contribution < 1.29 is 18.7 Å². The third-order valence-corrected chi connectivity index (χ3v) is 4.79. The van der Waals surface area contributed by atoms with Crippen LogP contribution in [0.15, 0.2) is 39.5 Å². The standard InChI is InChI=1S/C23H32O5/c1-17(2)12-13-23(3,4)22(25)27-15-9-5-8-14-26-20-16-21(24)28-19-11-7-6-10-18(19)20/h6-7,10-11,16-17H,5,8-9,12-15H2,1-4H3. The molecule has 0 saturated heterocycles. The quantitative estimate of drug-likeness (QED) is 0.295. The van der Waals surface area contributed by atoms with E-state index in [0.717, 1.165) is 37.5 Å². The van der Waals surface area contributed by atoms with E-state index in [1.165, 1.54) is 6.07 Å². The fourth-order valence-corrected chi connectivity index (χ4v) is 2.88. The topological polar surface area (TPSA) is 65.7 Å². The molecule has 0 spiro atoms. The molecule has 154 valence electrons. The van der Waals surface area contributed by atoms with E-state index >= 15 is 0 Å². The molecule has 0 fully saturated rings. The molecule has 0 N–H and O–H groups in total. The van der Waals surface area contributed by atoms with Gasteiger partial charge in [0.15, 0.2) is 0 Å². The summed E-state index contributed by atoms with van der Waals surface area (Å²) in [7, 11) is 0. The highest BCUT2D eigenvalue weighted by molar-refractivity contribution is 5.82. The average Bonchev–Trinajstić information content (AvgIpc) is 2.65. The van der Waals surface area contributed by atoms with E-state index in [0.29, 0.717) is 30.5 Å². The van der Waals surface area contributed by atoms with E-state index < -0.39 is 11.0 Å². The van der Waals surface area contributed by atoms with Crippen molar-refractivity contribution in [3.05, 3.63) is 40.8 Å². The number of benzene rings is 1. The van der Waals surface area contributed by atoms with Crippen LogP contribution in [0.3, 0.4) is 0 Å². The van der Waals surface area contributed by atoms with E-state index in [1.54, 1.807) is 6.07 Å². The SMILES string of the molecule is CC(C)CCC(C)(C)C(=O)OCCCCCOc1cc(=O)oc2ccccc12. The molecule has 0 atom stereocenters. The number of hydrogen-bond donors (Lipinski definition) is 0. The van der Waals surface area contributed by atoms with Gasteiger partial charge >= 0.3 is 11.6 Å². The number of para-hydroxylation sites is 1. The number of esters is 1. The van der Waals surface area contributed by atoms with Gasteiger partial charge in [0.1, 0.15) is 11.3 Å². The van der Waals surface area contributed by atoms with Gasteiger partial charge in [0.05, 0.1) is 30.1 Å². The summed E-state index contributed by atoms with van der Waals surface area (Å²) in [6, 6.07) is 8.70. The Balaban J connectivity index is 1.68. The molecule has 2 aromatic rings. The Morgan fingerprint density at radius 2 is 1.82 bits per heavy atom. The molecule has 0 radical (unpaired) electrons. The van der Waals surface area contributed by atoms with Gasteiger partial charge < -0.3 is 13.9 Å². The molecule has 0 unspecified atom stereocenters. The van der Waals surface area contributed by atoms with Gasteiger partial charge in [-0.05, 0) is 64.0 Å². The highest BCUT2D eigenvalue weighted by Crippen LogP contribution is 2.26. The minimum atomic E-state index is -0.428. The first-order valence-electron chi connectivity index (χ1n) is 10.1. The summed E-state index contributed by atoms with van der Waals surface area (Å²) in [5, 5.41) is 0.791. The molecule has 0 aliphatic rings. The summed E-state index contributed by atoms with van der Waals surface area (Å²) in [6.45, 7) is 9.16. The zero-order chi connectivity index (χ0) is 20.6. The smallest absolute Gasteiger partial charge is 0.339 e. The van der Waals surface area contributed by atoms with Gasteiger partial charge in [-0.2, -0.15) is 0 Å². The van der Waals surface area contributed by atoms with Crippen molar-refractivity contribution in [2.75, 3.05) is 13.2 Å². The summed E-state index contributed by atoms with van der Waals surface area (Å²) in [5.74, 6) is 1.01. The lowest BCUT2D eigenvalue weighted by molar-refractivity contribution is -0.154. The number of rotatable bonds is 11. The average molecular weight is 389 g/mol. The second-order valence-corrected chi connectivity index (χ2v) is 8.29. The second kappa shape index (κ2) is 10.3. The lowest BCUT2D eigenvalue weighted by Crippen LogP contribution is -2.27. The Hall–Kier alpha value is -2.30. The largest absolute Gasteiger partial charge is 0.493 e. The van der Waals surface area contributed by atoms with E-state index in [-0.39, 0.29) is 5.97 Å². The number of carbonyl (C=O) groups excluding carboxylic acids is 1. The molecule has 0 aliphatic carbocycles. The third kappa shape index (κ3) is 6.70. The molecular weight excluding hydrogens is 356 g/mol. The van der Waals surface area contributed by atoms with Crippen LogP contribution in [0.5, 0.6) is 5.75 Å². The van der Waals surface area contributed by atoms with Gasteiger partial charge in [-0.25, -0.2) is 4.79 Å². The number of ether oxygens (including phenoxy) is 2. The molecule has 2 rings (SSSR count). The maximum atomic E-state index is 12.2. The van der Waals surface area contributed by atoms with Crippen molar-refractivity contribution in [1.29, 1.82) is 0 Å². The number of carbonyl (C=O) groups is 1. The number of unbranched alkanes of at least 4 members (excludes halogenated alkanes) is 2. The predicted octanol–water partition coefficient (Wildman–Crippen LogP) is 5.35. The van der Waals surface area contributed by atoms with Gasteiger partial charge in [-0.15, -0.1) is 0 Å². The molecule has 28 heavy (non-hydrogen) atoms. The van der Waals surface area contributed by atoms with Crippen LogP contribution in [-0.2, 0) is 9.53 Å². The van der Waals surface area contributed by atoms with Crippen molar-refractivity contribution in [1.82, 2.24) is 0 Å². The van der Waals surface area contributed by atoms with Gasteiger partial charge in [0.25, 0.3) is 0 Å². The van der Waals surface area contributed by atoms with Crippen molar-refractivity contribution in [2.45, 2.75) is 59.8 Å². The summed E-state index contributed by atoms with van der Waals surface area (Å²) < 4.78 is 16.4. The molecule has 0 bridgehead atoms. The summed E-state index contributed by atoms with van der Waals surface area (Å²) in [6.07, 6.45) is 4.37. The molecule has 5 nitrogen and oxygen atoms in total. The van der Waals surface area contributed by atoms with Crippen LogP contribution >= 0.6 is 0 Å². The summed E-state index contributed by atoms with van der Waals surface area (Å²) in [4.78, 5) is 23.8.